The quantitative estimate of drug-likeness (QED) is 0.886. The van der Waals surface area contributed by atoms with Gasteiger partial charge in [0.15, 0.2) is 0 Å². The molecule has 1 heterocycles. The Morgan fingerprint density at radius 1 is 1.12 bits per heavy atom. The maximum Gasteiger partial charge on any atom is 0.392 e. The van der Waals surface area contributed by atoms with Gasteiger partial charge in [0.1, 0.15) is 0 Å². The summed E-state index contributed by atoms with van der Waals surface area (Å²) >= 11 is 0. The first kappa shape index (κ1) is 18.1. The van der Waals surface area contributed by atoms with Crippen LogP contribution in [0.4, 0.5) is 18.9 Å². The van der Waals surface area contributed by atoms with Gasteiger partial charge in [0, 0.05) is 31.2 Å². The van der Waals surface area contributed by atoms with Crippen LogP contribution < -0.4 is 10.2 Å². The smallest absolute Gasteiger partial charge is 0.371 e. The molecule has 0 spiro atoms. The highest BCUT2D eigenvalue weighted by Crippen LogP contribution is 2.41. The summed E-state index contributed by atoms with van der Waals surface area (Å²) in [5, 5.41) is 2.80. The largest absolute Gasteiger partial charge is 0.392 e. The molecule has 1 amide bonds. The summed E-state index contributed by atoms with van der Waals surface area (Å²) < 4.78 is 39.4. The number of amides is 1. The van der Waals surface area contributed by atoms with Crippen LogP contribution in [-0.2, 0) is 4.79 Å². The van der Waals surface area contributed by atoms with Crippen LogP contribution in [0.15, 0.2) is 30.3 Å². The van der Waals surface area contributed by atoms with E-state index in [0.717, 1.165) is 25.2 Å². The highest BCUT2D eigenvalue weighted by molar-refractivity contribution is 5.79. The lowest BCUT2D eigenvalue weighted by Gasteiger charge is -2.32. The third-order valence-corrected chi connectivity index (χ3v) is 5.50. The van der Waals surface area contributed by atoms with Gasteiger partial charge in [0.05, 0.1) is 5.92 Å². The van der Waals surface area contributed by atoms with Gasteiger partial charge in [0.25, 0.3) is 0 Å². The Hall–Kier alpha value is -1.72. The fraction of sp³-hybridized carbons (Fsp3) is 0.632. The maximum atomic E-state index is 13.1. The Balaban J connectivity index is 1.51. The summed E-state index contributed by atoms with van der Waals surface area (Å²) in [6, 6.07) is 10.1. The van der Waals surface area contributed by atoms with E-state index >= 15 is 0 Å². The average molecular weight is 354 g/mol. The van der Waals surface area contributed by atoms with E-state index in [9.17, 15) is 18.0 Å². The van der Waals surface area contributed by atoms with Gasteiger partial charge in [-0.25, -0.2) is 0 Å². The van der Waals surface area contributed by atoms with Gasteiger partial charge < -0.3 is 10.2 Å². The molecule has 1 aromatic carbocycles. The summed E-state index contributed by atoms with van der Waals surface area (Å²) in [7, 11) is 0. The predicted octanol–water partition coefficient (Wildman–Crippen LogP) is 4.00. The highest BCUT2D eigenvalue weighted by Gasteiger charge is 2.48. The van der Waals surface area contributed by atoms with Crippen LogP contribution in [0.5, 0.6) is 0 Å². The van der Waals surface area contributed by atoms with E-state index in [0.29, 0.717) is 25.8 Å². The van der Waals surface area contributed by atoms with Crippen LogP contribution in [0.3, 0.4) is 0 Å². The number of alkyl halides is 3. The molecule has 1 saturated carbocycles. The zero-order valence-electron chi connectivity index (χ0n) is 14.3. The molecule has 1 N–H and O–H groups in total. The van der Waals surface area contributed by atoms with Crippen molar-refractivity contribution < 1.29 is 18.0 Å². The monoisotopic (exact) mass is 354 g/mol. The zero-order valence-corrected chi connectivity index (χ0v) is 14.3. The van der Waals surface area contributed by atoms with Crippen LogP contribution in [0.1, 0.15) is 32.1 Å². The van der Waals surface area contributed by atoms with Gasteiger partial charge in [-0.1, -0.05) is 31.0 Å². The van der Waals surface area contributed by atoms with Gasteiger partial charge in [-0.3, -0.25) is 4.79 Å². The molecule has 0 aromatic heterocycles. The van der Waals surface area contributed by atoms with Crippen molar-refractivity contribution in [2.45, 2.75) is 38.3 Å². The Labute approximate surface area is 146 Å². The van der Waals surface area contributed by atoms with Gasteiger partial charge >= 0.3 is 6.18 Å². The van der Waals surface area contributed by atoms with Crippen LogP contribution in [-0.4, -0.2) is 31.7 Å². The lowest BCUT2D eigenvalue weighted by atomic mass is 9.78. The molecule has 1 aliphatic carbocycles. The van der Waals surface area contributed by atoms with E-state index in [1.807, 2.05) is 18.2 Å². The van der Waals surface area contributed by atoms with Gasteiger partial charge in [-0.05, 0) is 37.3 Å². The zero-order chi connectivity index (χ0) is 17.9. The fourth-order valence-corrected chi connectivity index (χ4v) is 4.09. The van der Waals surface area contributed by atoms with Crippen molar-refractivity contribution in [1.29, 1.82) is 0 Å². The molecule has 3 atom stereocenters. The van der Waals surface area contributed by atoms with Crippen LogP contribution in [0, 0.1) is 17.8 Å². The second-order valence-electron chi connectivity index (χ2n) is 7.22. The van der Waals surface area contributed by atoms with Crippen molar-refractivity contribution in [3.63, 3.8) is 0 Å². The van der Waals surface area contributed by atoms with Crippen molar-refractivity contribution in [3.8, 4) is 0 Å². The molecule has 6 heteroatoms. The van der Waals surface area contributed by atoms with E-state index in [1.165, 1.54) is 0 Å². The molecule has 3 nitrogen and oxygen atoms in total. The standard InChI is InChI=1S/C19H25F3N2O/c20-19(21,22)17-9-5-4-8-16(17)18(25)23-12-14-10-11-24(13-14)15-6-2-1-3-7-15/h1-3,6-7,14,16-17H,4-5,8-13H2,(H,23,25)/t14-,16+,17-/m0/s1. The molecule has 1 aliphatic heterocycles. The minimum Gasteiger partial charge on any atom is -0.371 e. The normalized spacial score (nSPS) is 27.3. The maximum absolute atomic E-state index is 13.1. The number of nitrogens with zero attached hydrogens (tertiary/aromatic N) is 1. The number of benzene rings is 1. The van der Waals surface area contributed by atoms with Gasteiger partial charge in [-0.2, -0.15) is 13.2 Å². The lowest BCUT2D eigenvalue weighted by molar-refractivity contribution is -0.198. The fourth-order valence-electron chi connectivity index (χ4n) is 4.09. The van der Waals surface area contributed by atoms with E-state index in [4.69, 9.17) is 0 Å². The molecule has 1 aromatic rings. The second-order valence-corrected chi connectivity index (χ2v) is 7.22. The van der Waals surface area contributed by atoms with Crippen molar-refractivity contribution in [3.05, 3.63) is 30.3 Å². The van der Waals surface area contributed by atoms with E-state index in [1.54, 1.807) is 0 Å². The lowest BCUT2D eigenvalue weighted by Crippen LogP contribution is -2.43. The van der Waals surface area contributed by atoms with E-state index in [-0.39, 0.29) is 12.3 Å². The Kier molecular flexibility index (Phi) is 5.54. The van der Waals surface area contributed by atoms with Crippen molar-refractivity contribution in [2.24, 2.45) is 17.8 Å². The van der Waals surface area contributed by atoms with Crippen LogP contribution in [0.2, 0.25) is 0 Å². The number of hydrogen-bond acceptors (Lipinski definition) is 2. The molecule has 1 saturated heterocycles. The molecule has 3 rings (SSSR count). The predicted molar refractivity (Wildman–Crippen MR) is 91.3 cm³/mol. The van der Waals surface area contributed by atoms with Crippen LogP contribution in [0.25, 0.3) is 0 Å². The van der Waals surface area contributed by atoms with Crippen molar-refractivity contribution >= 4 is 11.6 Å². The number of halogens is 3. The number of carbonyl (C=O) groups excluding carboxylic acids is 1. The number of rotatable bonds is 4. The SMILES string of the molecule is O=C(NC[C@@H]1CCN(c2ccccc2)C1)[C@@H]1CCCC[C@@H]1C(F)(F)F. The third-order valence-electron chi connectivity index (χ3n) is 5.50. The third kappa shape index (κ3) is 4.47. The molecule has 25 heavy (non-hydrogen) atoms. The molecular formula is C19H25F3N2O. The molecule has 0 radical (unpaired) electrons. The molecule has 2 fully saturated rings. The Bertz CT molecular complexity index is 576. The summed E-state index contributed by atoms with van der Waals surface area (Å²) in [4.78, 5) is 14.6. The van der Waals surface area contributed by atoms with Gasteiger partial charge in [0.2, 0.25) is 5.91 Å². The van der Waals surface area contributed by atoms with E-state index < -0.39 is 23.9 Å². The number of hydrogen-bond donors (Lipinski definition) is 1. The number of para-hydroxylation sites is 1. The summed E-state index contributed by atoms with van der Waals surface area (Å²) in [6.07, 6.45) is -1.65. The topological polar surface area (TPSA) is 32.3 Å². The average Bonchev–Trinajstić information content (AvgIpc) is 3.09. The minimum absolute atomic E-state index is 0.0762. The van der Waals surface area contributed by atoms with Crippen molar-refractivity contribution in [1.82, 2.24) is 5.32 Å². The first-order valence-corrected chi connectivity index (χ1v) is 9.09. The van der Waals surface area contributed by atoms with E-state index in [2.05, 4.69) is 22.3 Å². The summed E-state index contributed by atoms with van der Waals surface area (Å²) in [5.41, 5.74) is 1.15. The Morgan fingerprint density at radius 2 is 1.84 bits per heavy atom. The number of nitrogens with one attached hydrogen (secondary N) is 1. The first-order chi connectivity index (χ1) is 11.9. The minimum atomic E-state index is -4.28. The Morgan fingerprint density at radius 3 is 2.56 bits per heavy atom. The van der Waals surface area contributed by atoms with Crippen LogP contribution >= 0.6 is 0 Å². The molecule has 0 unspecified atom stereocenters. The first-order valence-electron chi connectivity index (χ1n) is 9.09. The highest BCUT2D eigenvalue weighted by atomic mass is 19.4. The summed E-state index contributed by atoms with van der Waals surface area (Å²) in [5.74, 6) is -2.52. The second kappa shape index (κ2) is 7.67. The van der Waals surface area contributed by atoms with Gasteiger partial charge in [-0.15, -0.1) is 0 Å². The molecule has 2 aliphatic rings. The number of carbonyl (C=O) groups is 1. The molecule has 138 valence electrons. The van der Waals surface area contributed by atoms with Crippen molar-refractivity contribution in [2.75, 3.05) is 24.5 Å². The molecule has 0 bridgehead atoms. The summed E-state index contributed by atoms with van der Waals surface area (Å²) in [6.45, 7) is 2.21. The number of anilines is 1. The molecular weight excluding hydrogens is 329 g/mol.